The summed E-state index contributed by atoms with van der Waals surface area (Å²) in [5.74, 6) is 0.425. The number of imidazole rings is 1. The lowest BCUT2D eigenvalue weighted by Crippen LogP contribution is -2.05. The molecule has 0 aliphatic carbocycles. The van der Waals surface area contributed by atoms with Crippen LogP contribution in [0.3, 0.4) is 0 Å². The van der Waals surface area contributed by atoms with Gasteiger partial charge < -0.3 is 4.57 Å². The molecule has 108 valence electrons. The molecule has 0 aromatic carbocycles. The third kappa shape index (κ3) is 2.92. The number of nitriles is 1. The van der Waals surface area contributed by atoms with Gasteiger partial charge in [0, 0.05) is 30.4 Å². The minimum absolute atomic E-state index is 0.244. The molecule has 0 spiro atoms. The first-order valence-electron chi connectivity index (χ1n) is 6.21. The molecule has 0 N–H and O–H groups in total. The van der Waals surface area contributed by atoms with Gasteiger partial charge in [0.15, 0.2) is 5.69 Å². The first-order valence-corrected chi connectivity index (χ1v) is 6.59. The molecule has 0 unspecified atom stereocenters. The van der Waals surface area contributed by atoms with E-state index in [0.29, 0.717) is 28.8 Å². The van der Waals surface area contributed by atoms with E-state index in [4.69, 9.17) is 16.9 Å². The number of hydrogen-bond donors (Lipinski definition) is 0. The highest BCUT2D eigenvalue weighted by atomic mass is 35.5. The normalized spacial score (nSPS) is 10.4. The van der Waals surface area contributed by atoms with Crippen LogP contribution in [0.15, 0.2) is 36.9 Å². The Balaban J connectivity index is 2.00. The highest BCUT2D eigenvalue weighted by molar-refractivity contribution is 6.30. The van der Waals surface area contributed by atoms with Crippen molar-refractivity contribution in [2.45, 2.75) is 6.54 Å². The summed E-state index contributed by atoms with van der Waals surface area (Å²) in [5.41, 5.74) is 0.838. The lowest BCUT2D eigenvalue weighted by Gasteiger charge is -2.06. The summed E-state index contributed by atoms with van der Waals surface area (Å²) in [6.07, 6.45) is 5.92. The standard InChI is InChI=1S/C14H8ClFN6/c15-10-5-19-13(20-6-10)8-22-7-11(3-17)21-14(22)9-1-2-12(16)18-4-9/h1-2,4-7H,8H2. The summed E-state index contributed by atoms with van der Waals surface area (Å²) in [6, 6.07) is 4.76. The third-order valence-electron chi connectivity index (χ3n) is 2.86. The molecule has 3 rings (SSSR count). The molecule has 0 aliphatic heterocycles. The van der Waals surface area contributed by atoms with E-state index in [1.807, 2.05) is 6.07 Å². The molecular weight excluding hydrogens is 307 g/mol. The molecule has 0 saturated heterocycles. The first-order chi connectivity index (χ1) is 10.7. The summed E-state index contributed by atoms with van der Waals surface area (Å²) < 4.78 is 14.6. The van der Waals surface area contributed by atoms with Crippen LogP contribution in [0.5, 0.6) is 0 Å². The van der Waals surface area contributed by atoms with Crippen molar-refractivity contribution in [2.24, 2.45) is 0 Å². The Morgan fingerprint density at radius 3 is 2.59 bits per heavy atom. The lowest BCUT2D eigenvalue weighted by molar-refractivity contribution is 0.584. The zero-order chi connectivity index (χ0) is 15.5. The van der Waals surface area contributed by atoms with Gasteiger partial charge in [0.25, 0.3) is 0 Å². The van der Waals surface area contributed by atoms with Crippen molar-refractivity contribution in [3.8, 4) is 17.5 Å². The van der Waals surface area contributed by atoms with Gasteiger partial charge in [-0.25, -0.2) is 19.9 Å². The molecule has 0 saturated carbocycles. The second-order valence-electron chi connectivity index (χ2n) is 4.38. The quantitative estimate of drug-likeness (QED) is 0.694. The van der Waals surface area contributed by atoms with E-state index < -0.39 is 5.95 Å². The molecule has 0 amide bonds. The molecule has 0 atom stereocenters. The van der Waals surface area contributed by atoms with E-state index in [9.17, 15) is 4.39 Å². The molecule has 6 nitrogen and oxygen atoms in total. The molecular formula is C14H8ClFN6. The monoisotopic (exact) mass is 314 g/mol. The Bertz CT molecular complexity index is 835. The van der Waals surface area contributed by atoms with E-state index in [0.717, 1.165) is 0 Å². The Hall–Kier alpha value is -2.85. The topological polar surface area (TPSA) is 80.3 Å². The van der Waals surface area contributed by atoms with Crippen LogP contribution in [0.1, 0.15) is 11.5 Å². The van der Waals surface area contributed by atoms with Crippen LogP contribution in [-0.4, -0.2) is 24.5 Å². The molecule has 0 aliphatic rings. The average Bonchev–Trinajstić information content (AvgIpc) is 2.93. The van der Waals surface area contributed by atoms with Gasteiger partial charge >= 0.3 is 0 Å². The molecule has 8 heteroatoms. The fourth-order valence-corrected chi connectivity index (χ4v) is 2.00. The van der Waals surface area contributed by atoms with Crippen molar-refractivity contribution < 1.29 is 4.39 Å². The molecule has 3 aromatic heterocycles. The van der Waals surface area contributed by atoms with Gasteiger partial charge in [0.1, 0.15) is 17.7 Å². The Morgan fingerprint density at radius 2 is 1.95 bits per heavy atom. The Morgan fingerprint density at radius 1 is 1.18 bits per heavy atom. The molecule has 0 bridgehead atoms. The van der Waals surface area contributed by atoms with E-state index in [1.54, 1.807) is 16.8 Å². The van der Waals surface area contributed by atoms with Crippen LogP contribution < -0.4 is 0 Å². The number of aromatic nitrogens is 5. The number of hydrogen-bond acceptors (Lipinski definition) is 5. The lowest BCUT2D eigenvalue weighted by atomic mass is 10.2. The minimum Gasteiger partial charge on any atom is -0.322 e. The Kier molecular flexibility index (Phi) is 3.76. The zero-order valence-electron chi connectivity index (χ0n) is 11.1. The summed E-state index contributed by atoms with van der Waals surface area (Å²) in [7, 11) is 0. The van der Waals surface area contributed by atoms with Crippen molar-refractivity contribution in [2.75, 3.05) is 0 Å². The second-order valence-corrected chi connectivity index (χ2v) is 4.81. The van der Waals surface area contributed by atoms with Crippen molar-refractivity contribution in [3.63, 3.8) is 0 Å². The van der Waals surface area contributed by atoms with Crippen molar-refractivity contribution in [1.82, 2.24) is 24.5 Å². The van der Waals surface area contributed by atoms with Gasteiger partial charge in [0.2, 0.25) is 5.95 Å². The number of rotatable bonds is 3. The van der Waals surface area contributed by atoms with Gasteiger partial charge in [-0.05, 0) is 12.1 Å². The predicted molar refractivity (Wildman–Crippen MR) is 76.3 cm³/mol. The maximum Gasteiger partial charge on any atom is 0.212 e. The van der Waals surface area contributed by atoms with Crippen molar-refractivity contribution in [3.05, 3.63) is 59.4 Å². The highest BCUT2D eigenvalue weighted by Gasteiger charge is 2.12. The maximum absolute atomic E-state index is 12.9. The van der Waals surface area contributed by atoms with E-state index in [2.05, 4.69) is 19.9 Å². The number of pyridine rings is 1. The Labute approximate surface area is 129 Å². The second kappa shape index (κ2) is 5.87. The molecule has 22 heavy (non-hydrogen) atoms. The smallest absolute Gasteiger partial charge is 0.212 e. The van der Waals surface area contributed by atoms with Gasteiger partial charge in [0.05, 0.1) is 11.6 Å². The molecule has 0 fully saturated rings. The largest absolute Gasteiger partial charge is 0.322 e. The van der Waals surface area contributed by atoms with Gasteiger partial charge in [-0.3, -0.25) is 0 Å². The highest BCUT2D eigenvalue weighted by Crippen LogP contribution is 2.19. The number of halogens is 2. The maximum atomic E-state index is 12.9. The average molecular weight is 315 g/mol. The third-order valence-corrected chi connectivity index (χ3v) is 3.06. The van der Waals surface area contributed by atoms with Gasteiger partial charge in [-0.15, -0.1) is 0 Å². The van der Waals surface area contributed by atoms with E-state index in [-0.39, 0.29) is 5.69 Å². The minimum atomic E-state index is -0.580. The van der Waals surface area contributed by atoms with Crippen LogP contribution in [0, 0.1) is 17.3 Å². The number of nitrogens with zero attached hydrogens (tertiary/aromatic N) is 6. The first kappa shape index (κ1) is 14.1. The zero-order valence-corrected chi connectivity index (χ0v) is 11.9. The van der Waals surface area contributed by atoms with E-state index >= 15 is 0 Å². The van der Waals surface area contributed by atoms with Crippen LogP contribution in [0.2, 0.25) is 5.02 Å². The van der Waals surface area contributed by atoms with Crippen LogP contribution in [-0.2, 0) is 6.54 Å². The van der Waals surface area contributed by atoms with E-state index in [1.165, 1.54) is 24.7 Å². The molecule has 0 radical (unpaired) electrons. The predicted octanol–water partition coefficient (Wildman–Crippen LogP) is 2.45. The fraction of sp³-hybridized carbons (Fsp3) is 0.0714. The van der Waals surface area contributed by atoms with Crippen molar-refractivity contribution in [1.29, 1.82) is 5.26 Å². The summed E-state index contributed by atoms with van der Waals surface area (Å²) in [5, 5.41) is 9.46. The van der Waals surface area contributed by atoms with Gasteiger partial charge in [-0.1, -0.05) is 11.6 Å². The van der Waals surface area contributed by atoms with Crippen molar-refractivity contribution >= 4 is 11.6 Å². The van der Waals surface area contributed by atoms with Crippen LogP contribution in [0.25, 0.3) is 11.4 Å². The summed E-state index contributed by atoms with van der Waals surface area (Å²) >= 11 is 5.75. The summed E-state index contributed by atoms with van der Waals surface area (Å²) in [4.78, 5) is 16.0. The SMILES string of the molecule is N#Cc1cn(Cc2ncc(Cl)cn2)c(-c2ccc(F)nc2)n1. The van der Waals surface area contributed by atoms with Gasteiger partial charge in [-0.2, -0.15) is 9.65 Å². The molecule has 3 aromatic rings. The van der Waals surface area contributed by atoms with Crippen LogP contribution in [0.4, 0.5) is 4.39 Å². The van der Waals surface area contributed by atoms with Crippen LogP contribution >= 0.6 is 11.6 Å². The molecule has 3 heterocycles. The summed E-state index contributed by atoms with van der Waals surface area (Å²) in [6.45, 7) is 0.304. The fourth-order valence-electron chi connectivity index (χ4n) is 1.90.